The van der Waals surface area contributed by atoms with Crippen LogP contribution >= 0.6 is 11.6 Å². The average Bonchev–Trinajstić information content (AvgIpc) is 3.23. The van der Waals surface area contributed by atoms with Crippen molar-refractivity contribution in [2.24, 2.45) is 5.92 Å². The molecule has 1 atom stereocenters. The van der Waals surface area contributed by atoms with E-state index in [0.717, 1.165) is 37.3 Å². The summed E-state index contributed by atoms with van der Waals surface area (Å²) >= 11 is 5.80. The summed E-state index contributed by atoms with van der Waals surface area (Å²) in [6, 6.07) is 5.90. The van der Waals surface area contributed by atoms with Gasteiger partial charge in [-0.3, -0.25) is 0 Å². The summed E-state index contributed by atoms with van der Waals surface area (Å²) in [4.78, 5) is 0. The number of nitrogens with one attached hydrogen (secondary N) is 1. The van der Waals surface area contributed by atoms with Crippen LogP contribution in [-0.2, 0) is 6.42 Å². The Labute approximate surface area is 120 Å². The third-order valence-corrected chi connectivity index (χ3v) is 4.13. The summed E-state index contributed by atoms with van der Waals surface area (Å²) in [6.45, 7) is 3.28. The quantitative estimate of drug-likeness (QED) is 0.736. The maximum Gasteiger partial charge on any atom is 0.144 e. The third kappa shape index (κ3) is 4.47. The molecule has 1 nitrogen and oxygen atoms in total. The fourth-order valence-electron chi connectivity index (χ4n) is 2.59. The number of rotatable bonds is 8. The SMILES string of the molecule is CCCNC(CCCc1cccc(Cl)c1F)C1CC1. The highest BCUT2D eigenvalue weighted by Crippen LogP contribution is 2.34. The number of benzene rings is 1. The second kappa shape index (κ2) is 7.25. The minimum absolute atomic E-state index is 0.236. The van der Waals surface area contributed by atoms with Crippen molar-refractivity contribution in [1.29, 1.82) is 0 Å². The van der Waals surface area contributed by atoms with Gasteiger partial charge >= 0.3 is 0 Å². The third-order valence-electron chi connectivity index (χ3n) is 3.84. The van der Waals surface area contributed by atoms with Crippen LogP contribution < -0.4 is 5.32 Å². The van der Waals surface area contributed by atoms with Gasteiger partial charge < -0.3 is 5.32 Å². The van der Waals surface area contributed by atoms with Crippen LogP contribution in [0, 0.1) is 11.7 Å². The molecule has 1 aromatic rings. The molecule has 1 saturated carbocycles. The van der Waals surface area contributed by atoms with Gasteiger partial charge in [-0.25, -0.2) is 4.39 Å². The number of halogens is 2. The molecule has 1 aliphatic carbocycles. The van der Waals surface area contributed by atoms with Gasteiger partial charge in [0.1, 0.15) is 5.82 Å². The molecule has 1 aliphatic rings. The normalized spacial score (nSPS) is 16.6. The van der Waals surface area contributed by atoms with E-state index >= 15 is 0 Å². The predicted octanol–water partition coefficient (Wildman–Crippen LogP) is 4.58. The van der Waals surface area contributed by atoms with E-state index in [1.165, 1.54) is 19.3 Å². The Morgan fingerprint density at radius 1 is 1.42 bits per heavy atom. The Balaban J connectivity index is 1.79. The lowest BCUT2D eigenvalue weighted by molar-refractivity contribution is 0.423. The zero-order chi connectivity index (χ0) is 13.7. The lowest BCUT2D eigenvalue weighted by atomic mass is 10.0. The Hall–Kier alpha value is -0.600. The van der Waals surface area contributed by atoms with Crippen molar-refractivity contribution >= 4 is 11.6 Å². The zero-order valence-electron chi connectivity index (χ0n) is 11.6. The first kappa shape index (κ1) is 14.8. The van der Waals surface area contributed by atoms with E-state index in [0.29, 0.717) is 6.04 Å². The number of hydrogen-bond donors (Lipinski definition) is 1. The molecule has 0 heterocycles. The highest BCUT2D eigenvalue weighted by molar-refractivity contribution is 6.30. The van der Waals surface area contributed by atoms with E-state index in [1.807, 2.05) is 12.1 Å². The van der Waals surface area contributed by atoms with Crippen LogP contribution in [0.15, 0.2) is 18.2 Å². The molecule has 1 unspecified atom stereocenters. The first-order chi connectivity index (χ1) is 9.22. The van der Waals surface area contributed by atoms with E-state index in [4.69, 9.17) is 11.6 Å². The van der Waals surface area contributed by atoms with Gasteiger partial charge in [0.25, 0.3) is 0 Å². The Morgan fingerprint density at radius 3 is 2.89 bits per heavy atom. The van der Waals surface area contributed by atoms with Crippen LogP contribution in [0.3, 0.4) is 0 Å². The predicted molar refractivity (Wildman–Crippen MR) is 79.2 cm³/mol. The molecule has 0 spiro atoms. The summed E-state index contributed by atoms with van der Waals surface area (Å²) < 4.78 is 13.8. The van der Waals surface area contributed by atoms with E-state index in [9.17, 15) is 4.39 Å². The standard InChI is InChI=1S/C16H23ClFN/c1-2-11-19-15(12-9-10-12)8-4-6-13-5-3-7-14(17)16(13)18/h3,5,7,12,15,19H,2,4,6,8-11H2,1H3. The first-order valence-electron chi connectivity index (χ1n) is 7.38. The molecule has 106 valence electrons. The zero-order valence-corrected chi connectivity index (χ0v) is 12.3. The van der Waals surface area contributed by atoms with E-state index in [2.05, 4.69) is 12.2 Å². The van der Waals surface area contributed by atoms with Crippen molar-refractivity contribution in [3.8, 4) is 0 Å². The highest BCUT2D eigenvalue weighted by Gasteiger charge is 2.30. The molecule has 0 aliphatic heterocycles. The molecule has 3 heteroatoms. The Morgan fingerprint density at radius 2 is 2.21 bits per heavy atom. The van der Waals surface area contributed by atoms with Crippen LogP contribution in [0.25, 0.3) is 0 Å². The Bertz CT molecular complexity index is 404. The summed E-state index contributed by atoms with van der Waals surface area (Å²) in [5.41, 5.74) is 0.748. The molecule has 19 heavy (non-hydrogen) atoms. The van der Waals surface area contributed by atoms with Crippen molar-refractivity contribution in [3.05, 3.63) is 34.6 Å². The molecule has 1 N–H and O–H groups in total. The summed E-state index contributed by atoms with van der Waals surface area (Å²) in [7, 11) is 0. The fraction of sp³-hybridized carbons (Fsp3) is 0.625. The van der Waals surface area contributed by atoms with Gasteiger partial charge in [-0.2, -0.15) is 0 Å². The molecular formula is C16H23ClFN. The van der Waals surface area contributed by atoms with Crippen LogP contribution in [0.2, 0.25) is 5.02 Å². The molecule has 1 aromatic carbocycles. The van der Waals surface area contributed by atoms with Crippen LogP contribution in [-0.4, -0.2) is 12.6 Å². The van der Waals surface area contributed by atoms with E-state index in [1.54, 1.807) is 6.07 Å². The molecule has 0 bridgehead atoms. The van der Waals surface area contributed by atoms with Gasteiger partial charge in [0, 0.05) is 6.04 Å². The monoisotopic (exact) mass is 283 g/mol. The molecule has 2 rings (SSSR count). The molecule has 0 saturated heterocycles. The maximum absolute atomic E-state index is 13.8. The number of hydrogen-bond acceptors (Lipinski definition) is 1. The molecule has 0 amide bonds. The highest BCUT2D eigenvalue weighted by atomic mass is 35.5. The van der Waals surface area contributed by atoms with Crippen LogP contribution in [0.5, 0.6) is 0 Å². The van der Waals surface area contributed by atoms with Crippen molar-refractivity contribution in [1.82, 2.24) is 5.32 Å². The number of aryl methyl sites for hydroxylation is 1. The van der Waals surface area contributed by atoms with Gasteiger partial charge in [0.15, 0.2) is 0 Å². The minimum atomic E-state index is -0.242. The Kier molecular flexibility index (Phi) is 5.65. The first-order valence-corrected chi connectivity index (χ1v) is 7.76. The van der Waals surface area contributed by atoms with Gasteiger partial charge in [-0.1, -0.05) is 30.7 Å². The second-order valence-electron chi connectivity index (χ2n) is 5.50. The van der Waals surface area contributed by atoms with Crippen molar-refractivity contribution in [2.75, 3.05) is 6.54 Å². The smallest absolute Gasteiger partial charge is 0.144 e. The summed E-state index contributed by atoms with van der Waals surface area (Å²) in [5, 5.41) is 3.86. The maximum atomic E-state index is 13.8. The van der Waals surface area contributed by atoms with Gasteiger partial charge in [0.2, 0.25) is 0 Å². The fourth-order valence-corrected chi connectivity index (χ4v) is 2.78. The molecule has 0 aromatic heterocycles. The van der Waals surface area contributed by atoms with Gasteiger partial charge in [-0.15, -0.1) is 0 Å². The lowest BCUT2D eigenvalue weighted by Crippen LogP contribution is -2.31. The largest absolute Gasteiger partial charge is 0.314 e. The molecular weight excluding hydrogens is 261 g/mol. The average molecular weight is 284 g/mol. The van der Waals surface area contributed by atoms with Crippen LogP contribution in [0.4, 0.5) is 4.39 Å². The lowest BCUT2D eigenvalue weighted by Gasteiger charge is -2.17. The van der Waals surface area contributed by atoms with Crippen LogP contribution in [0.1, 0.15) is 44.6 Å². The molecule has 0 radical (unpaired) electrons. The van der Waals surface area contributed by atoms with Crippen molar-refractivity contribution in [2.45, 2.75) is 51.5 Å². The topological polar surface area (TPSA) is 12.0 Å². The van der Waals surface area contributed by atoms with Gasteiger partial charge in [-0.05, 0) is 62.6 Å². The summed E-state index contributed by atoms with van der Waals surface area (Å²) in [6.07, 6.45) is 6.82. The molecule has 1 fully saturated rings. The van der Waals surface area contributed by atoms with E-state index < -0.39 is 0 Å². The minimum Gasteiger partial charge on any atom is -0.314 e. The van der Waals surface area contributed by atoms with Gasteiger partial charge in [0.05, 0.1) is 5.02 Å². The van der Waals surface area contributed by atoms with E-state index in [-0.39, 0.29) is 10.8 Å². The van der Waals surface area contributed by atoms with Crippen molar-refractivity contribution < 1.29 is 4.39 Å². The summed E-state index contributed by atoms with van der Waals surface area (Å²) in [5.74, 6) is 0.615. The van der Waals surface area contributed by atoms with Crippen molar-refractivity contribution in [3.63, 3.8) is 0 Å². The second-order valence-corrected chi connectivity index (χ2v) is 5.91.